The third-order valence-corrected chi connectivity index (χ3v) is 4.07. The van der Waals surface area contributed by atoms with Gasteiger partial charge in [0.15, 0.2) is 11.5 Å². The van der Waals surface area contributed by atoms with E-state index < -0.39 is 6.61 Å². The molecule has 0 saturated heterocycles. The SMILES string of the molecule is COc1cc(CC(=O)N[C@@H](C)c2ccc(OC(F)F)cc2)cc(OC)c1OC. The number of carbonyl (C=O) groups excluding carboxylic acids is 1. The van der Waals surface area contributed by atoms with E-state index in [1.807, 2.05) is 0 Å². The minimum Gasteiger partial charge on any atom is -0.493 e. The molecule has 0 fully saturated rings. The molecule has 28 heavy (non-hydrogen) atoms. The predicted octanol–water partition coefficient (Wildman–Crippen LogP) is 3.73. The smallest absolute Gasteiger partial charge is 0.387 e. The van der Waals surface area contributed by atoms with Crippen molar-refractivity contribution in [2.75, 3.05) is 21.3 Å². The maximum Gasteiger partial charge on any atom is 0.387 e. The van der Waals surface area contributed by atoms with Crippen LogP contribution in [0.25, 0.3) is 0 Å². The Bertz CT molecular complexity index is 771. The number of amides is 1. The van der Waals surface area contributed by atoms with E-state index >= 15 is 0 Å². The fraction of sp³-hybridized carbons (Fsp3) is 0.350. The second-order valence-corrected chi connectivity index (χ2v) is 5.95. The Morgan fingerprint density at radius 3 is 2.04 bits per heavy atom. The second kappa shape index (κ2) is 9.77. The molecule has 0 heterocycles. The molecular weight excluding hydrogens is 372 g/mol. The van der Waals surface area contributed by atoms with E-state index in [-0.39, 0.29) is 24.1 Å². The lowest BCUT2D eigenvalue weighted by atomic mass is 10.1. The third-order valence-electron chi connectivity index (χ3n) is 4.07. The van der Waals surface area contributed by atoms with Crippen molar-refractivity contribution in [1.82, 2.24) is 5.32 Å². The van der Waals surface area contributed by atoms with Crippen molar-refractivity contribution in [2.24, 2.45) is 0 Å². The average molecular weight is 395 g/mol. The maximum atomic E-state index is 12.4. The van der Waals surface area contributed by atoms with Crippen molar-refractivity contribution >= 4 is 5.91 Å². The Balaban J connectivity index is 2.05. The zero-order valence-electron chi connectivity index (χ0n) is 16.1. The van der Waals surface area contributed by atoms with Crippen molar-refractivity contribution in [3.63, 3.8) is 0 Å². The van der Waals surface area contributed by atoms with Gasteiger partial charge in [0.05, 0.1) is 33.8 Å². The molecule has 8 heteroatoms. The van der Waals surface area contributed by atoms with Crippen LogP contribution in [0.3, 0.4) is 0 Å². The zero-order chi connectivity index (χ0) is 20.7. The minimum atomic E-state index is -2.87. The quantitative estimate of drug-likeness (QED) is 0.701. The molecular formula is C20H23F2NO5. The van der Waals surface area contributed by atoms with Crippen LogP contribution in [0, 0.1) is 0 Å². The lowest BCUT2D eigenvalue weighted by Gasteiger charge is -2.16. The Kier molecular flexibility index (Phi) is 7.43. The molecule has 1 N–H and O–H groups in total. The van der Waals surface area contributed by atoms with Crippen LogP contribution in [0.2, 0.25) is 0 Å². The minimum absolute atomic E-state index is 0.0645. The fourth-order valence-electron chi connectivity index (χ4n) is 2.74. The van der Waals surface area contributed by atoms with Crippen LogP contribution in [0.5, 0.6) is 23.0 Å². The van der Waals surface area contributed by atoms with Crippen LogP contribution in [0.1, 0.15) is 24.1 Å². The van der Waals surface area contributed by atoms with Crippen LogP contribution in [-0.4, -0.2) is 33.8 Å². The van der Waals surface area contributed by atoms with E-state index in [9.17, 15) is 13.6 Å². The van der Waals surface area contributed by atoms with Gasteiger partial charge in [0, 0.05) is 0 Å². The standard InChI is InChI=1S/C20H23F2NO5/c1-12(14-5-7-15(8-6-14)28-20(21)22)23-18(24)11-13-9-16(25-2)19(27-4)17(10-13)26-3/h5-10,12,20H,11H2,1-4H3,(H,23,24)/t12-/m0/s1. The maximum absolute atomic E-state index is 12.4. The molecule has 0 spiro atoms. The summed E-state index contributed by atoms with van der Waals surface area (Å²) in [5, 5.41) is 2.87. The monoisotopic (exact) mass is 395 g/mol. The first-order valence-electron chi connectivity index (χ1n) is 8.51. The van der Waals surface area contributed by atoms with Gasteiger partial charge in [-0.15, -0.1) is 0 Å². The van der Waals surface area contributed by atoms with Crippen LogP contribution in [-0.2, 0) is 11.2 Å². The molecule has 0 aliphatic carbocycles. The van der Waals surface area contributed by atoms with Crippen molar-refractivity contribution in [3.05, 3.63) is 47.5 Å². The summed E-state index contributed by atoms with van der Waals surface area (Å²) in [6.45, 7) is -1.07. The fourth-order valence-corrected chi connectivity index (χ4v) is 2.74. The summed E-state index contributed by atoms with van der Waals surface area (Å²) < 4.78 is 44.6. The number of alkyl halides is 2. The molecule has 1 amide bonds. The van der Waals surface area contributed by atoms with E-state index in [1.54, 1.807) is 31.2 Å². The number of hydrogen-bond acceptors (Lipinski definition) is 5. The number of rotatable bonds is 9. The number of hydrogen-bond donors (Lipinski definition) is 1. The van der Waals surface area contributed by atoms with Crippen LogP contribution >= 0.6 is 0 Å². The third kappa shape index (κ3) is 5.48. The Hall–Kier alpha value is -3.03. The molecule has 6 nitrogen and oxygen atoms in total. The van der Waals surface area contributed by atoms with Gasteiger partial charge in [-0.05, 0) is 42.3 Å². The summed E-state index contributed by atoms with van der Waals surface area (Å²) in [6, 6.07) is 9.23. The van der Waals surface area contributed by atoms with Crippen molar-refractivity contribution in [3.8, 4) is 23.0 Å². The van der Waals surface area contributed by atoms with Gasteiger partial charge in [0.1, 0.15) is 5.75 Å². The lowest BCUT2D eigenvalue weighted by molar-refractivity contribution is -0.121. The van der Waals surface area contributed by atoms with E-state index in [2.05, 4.69) is 10.1 Å². The van der Waals surface area contributed by atoms with Gasteiger partial charge < -0.3 is 24.3 Å². The zero-order valence-corrected chi connectivity index (χ0v) is 16.1. The first kappa shape index (κ1) is 21.3. The molecule has 2 rings (SSSR count). The Morgan fingerprint density at radius 1 is 1.00 bits per heavy atom. The van der Waals surface area contributed by atoms with Gasteiger partial charge in [0.25, 0.3) is 0 Å². The average Bonchev–Trinajstić information content (AvgIpc) is 2.66. The molecule has 2 aromatic carbocycles. The van der Waals surface area contributed by atoms with Crippen LogP contribution in [0.15, 0.2) is 36.4 Å². The summed E-state index contributed by atoms with van der Waals surface area (Å²) in [5.41, 5.74) is 1.46. The van der Waals surface area contributed by atoms with E-state index in [1.165, 1.54) is 33.5 Å². The molecule has 1 atom stereocenters. The van der Waals surface area contributed by atoms with Gasteiger partial charge in [-0.1, -0.05) is 12.1 Å². The number of benzene rings is 2. The summed E-state index contributed by atoms with van der Waals surface area (Å²) in [5.74, 6) is 1.23. The topological polar surface area (TPSA) is 66.0 Å². The molecule has 0 saturated carbocycles. The Morgan fingerprint density at radius 2 is 1.57 bits per heavy atom. The van der Waals surface area contributed by atoms with Gasteiger partial charge in [-0.2, -0.15) is 8.78 Å². The lowest BCUT2D eigenvalue weighted by Crippen LogP contribution is -2.28. The summed E-state index contributed by atoms with van der Waals surface area (Å²) in [7, 11) is 4.52. The molecule has 0 aliphatic heterocycles. The molecule has 0 radical (unpaired) electrons. The molecule has 0 unspecified atom stereocenters. The Labute approximate surface area is 162 Å². The van der Waals surface area contributed by atoms with E-state index in [0.717, 1.165) is 5.56 Å². The highest BCUT2D eigenvalue weighted by atomic mass is 19.3. The van der Waals surface area contributed by atoms with Crippen LogP contribution in [0.4, 0.5) is 8.78 Å². The summed E-state index contributed by atoms with van der Waals surface area (Å²) in [4.78, 5) is 12.4. The largest absolute Gasteiger partial charge is 0.493 e. The molecule has 2 aromatic rings. The number of halogens is 2. The first-order valence-corrected chi connectivity index (χ1v) is 8.51. The highest BCUT2D eigenvalue weighted by Crippen LogP contribution is 2.38. The van der Waals surface area contributed by atoms with Crippen LogP contribution < -0.4 is 24.3 Å². The molecule has 152 valence electrons. The van der Waals surface area contributed by atoms with E-state index in [4.69, 9.17) is 14.2 Å². The highest BCUT2D eigenvalue weighted by Gasteiger charge is 2.16. The second-order valence-electron chi connectivity index (χ2n) is 5.95. The summed E-state index contributed by atoms with van der Waals surface area (Å²) in [6.07, 6.45) is 0.105. The number of ether oxygens (including phenoxy) is 4. The summed E-state index contributed by atoms with van der Waals surface area (Å²) >= 11 is 0. The van der Waals surface area contributed by atoms with Gasteiger partial charge in [0.2, 0.25) is 11.7 Å². The number of carbonyl (C=O) groups is 1. The van der Waals surface area contributed by atoms with Crippen molar-refractivity contribution in [1.29, 1.82) is 0 Å². The van der Waals surface area contributed by atoms with Gasteiger partial charge in [-0.3, -0.25) is 4.79 Å². The highest BCUT2D eigenvalue weighted by molar-refractivity contribution is 5.79. The molecule has 0 aliphatic rings. The normalized spacial score (nSPS) is 11.7. The predicted molar refractivity (Wildman–Crippen MR) is 99.4 cm³/mol. The number of nitrogens with one attached hydrogen (secondary N) is 1. The number of methoxy groups -OCH3 is 3. The van der Waals surface area contributed by atoms with Crippen molar-refractivity contribution in [2.45, 2.75) is 26.0 Å². The van der Waals surface area contributed by atoms with E-state index in [0.29, 0.717) is 22.8 Å². The first-order chi connectivity index (χ1) is 13.4. The molecule has 0 bridgehead atoms. The van der Waals surface area contributed by atoms with Gasteiger partial charge in [-0.25, -0.2) is 0 Å². The van der Waals surface area contributed by atoms with Gasteiger partial charge >= 0.3 is 6.61 Å². The van der Waals surface area contributed by atoms with Crippen molar-refractivity contribution < 1.29 is 32.5 Å². The molecule has 0 aromatic heterocycles.